The van der Waals surface area contributed by atoms with E-state index in [-0.39, 0.29) is 5.75 Å². The fourth-order valence-electron chi connectivity index (χ4n) is 1.39. The van der Waals surface area contributed by atoms with Gasteiger partial charge in [0, 0.05) is 16.6 Å². The first-order chi connectivity index (χ1) is 8.42. The molecule has 0 aliphatic rings. The van der Waals surface area contributed by atoms with Gasteiger partial charge in [0.15, 0.2) is 6.61 Å². The van der Waals surface area contributed by atoms with E-state index in [1.807, 2.05) is 6.92 Å². The molecule has 2 nitrogen and oxygen atoms in total. The topological polar surface area (TPSA) is 21.3 Å². The molecule has 0 fully saturated rings. The van der Waals surface area contributed by atoms with Gasteiger partial charge in [-0.05, 0) is 31.2 Å². The molecule has 0 aromatic heterocycles. The maximum atomic E-state index is 12.1. The number of halogens is 4. The Morgan fingerprint density at radius 3 is 2.67 bits per heavy atom. The molecule has 6 heteroatoms. The molecule has 1 N–H and O–H groups in total. The van der Waals surface area contributed by atoms with Crippen molar-refractivity contribution in [1.82, 2.24) is 5.32 Å². The van der Waals surface area contributed by atoms with Gasteiger partial charge >= 0.3 is 6.18 Å². The first-order valence-corrected chi connectivity index (χ1v) is 6.40. The lowest BCUT2D eigenvalue weighted by Gasteiger charge is -2.14. The van der Waals surface area contributed by atoms with Crippen LogP contribution in [0, 0.1) is 0 Å². The van der Waals surface area contributed by atoms with Crippen molar-refractivity contribution in [3.63, 3.8) is 0 Å². The molecule has 0 atom stereocenters. The minimum atomic E-state index is -4.32. The van der Waals surface area contributed by atoms with Crippen LogP contribution in [0.4, 0.5) is 13.2 Å². The normalized spacial score (nSPS) is 11.6. The molecule has 0 aliphatic carbocycles. The average molecular weight is 326 g/mol. The van der Waals surface area contributed by atoms with Crippen molar-refractivity contribution in [3.05, 3.63) is 28.2 Å². The lowest BCUT2D eigenvalue weighted by atomic mass is 10.2. The van der Waals surface area contributed by atoms with E-state index in [0.29, 0.717) is 12.1 Å². The van der Waals surface area contributed by atoms with Crippen molar-refractivity contribution in [2.24, 2.45) is 0 Å². The monoisotopic (exact) mass is 325 g/mol. The summed E-state index contributed by atoms with van der Waals surface area (Å²) in [5.74, 6) is 0.263. The molecule has 0 radical (unpaired) electrons. The average Bonchev–Trinajstić information content (AvgIpc) is 2.27. The highest BCUT2D eigenvalue weighted by Gasteiger charge is 2.28. The van der Waals surface area contributed by atoms with Crippen LogP contribution in [0.3, 0.4) is 0 Å². The van der Waals surface area contributed by atoms with Crippen molar-refractivity contribution in [2.75, 3.05) is 13.2 Å². The van der Waals surface area contributed by atoms with E-state index in [0.717, 1.165) is 17.4 Å². The van der Waals surface area contributed by atoms with Crippen molar-refractivity contribution >= 4 is 15.9 Å². The summed E-state index contributed by atoms with van der Waals surface area (Å²) in [6, 6.07) is 4.96. The van der Waals surface area contributed by atoms with Crippen LogP contribution in [0.15, 0.2) is 22.7 Å². The number of nitrogens with one attached hydrogen (secondary N) is 1. The Morgan fingerprint density at radius 1 is 1.33 bits per heavy atom. The first kappa shape index (κ1) is 15.3. The molecule has 1 rings (SSSR count). The molecule has 0 heterocycles. The van der Waals surface area contributed by atoms with E-state index < -0.39 is 12.8 Å². The highest BCUT2D eigenvalue weighted by Crippen LogP contribution is 2.25. The van der Waals surface area contributed by atoms with Crippen molar-refractivity contribution in [3.8, 4) is 5.75 Å². The van der Waals surface area contributed by atoms with Gasteiger partial charge in [0.1, 0.15) is 5.75 Å². The molecule has 1 aromatic carbocycles. The lowest BCUT2D eigenvalue weighted by molar-refractivity contribution is -0.153. The molecule has 0 aliphatic heterocycles. The standard InChI is InChI=1S/C12H15BrF3NO/c1-2-5-17-7-9-6-10(13)3-4-11(9)18-8-12(14,15)16/h3-4,6,17H,2,5,7-8H2,1H3. The maximum Gasteiger partial charge on any atom is 0.422 e. The van der Waals surface area contributed by atoms with Gasteiger partial charge in [-0.1, -0.05) is 22.9 Å². The fraction of sp³-hybridized carbons (Fsp3) is 0.500. The third kappa shape index (κ3) is 5.73. The number of ether oxygens (including phenoxy) is 1. The number of rotatable bonds is 6. The Hall–Kier alpha value is -0.750. The Balaban J connectivity index is 2.70. The second-order valence-electron chi connectivity index (χ2n) is 3.83. The Bertz CT molecular complexity index is 382. The third-order valence-electron chi connectivity index (χ3n) is 2.16. The van der Waals surface area contributed by atoms with Crippen molar-refractivity contribution < 1.29 is 17.9 Å². The summed E-state index contributed by atoms with van der Waals surface area (Å²) < 4.78 is 41.9. The van der Waals surface area contributed by atoms with Gasteiger partial charge < -0.3 is 10.1 Å². The van der Waals surface area contributed by atoms with E-state index in [1.165, 1.54) is 0 Å². The second kappa shape index (κ2) is 6.99. The zero-order valence-corrected chi connectivity index (χ0v) is 11.6. The summed E-state index contributed by atoms with van der Waals surface area (Å²) in [6.07, 6.45) is -3.35. The van der Waals surface area contributed by atoms with E-state index in [9.17, 15) is 13.2 Å². The molecular formula is C12H15BrF3NO. The van der Waals surface area contributed by atoms with Crippen LogP contribution in [-0.4, -0.2) is 19.3 Å². The van der Waals surface area contributed by atoms with Crippen molar-refractivity contribution in [1.29, 1.82) is 0 Å². The minimum Gasteiger partial charge on any atom is -0.484 e. The van der Waals surface area contributed by atoms with E-state index in [4.69, 9.17) is 4.74 Å². The zero-order chi connectivity index (χ0) is 13.6. The van der Waals surface area contributed by atoms with Gasteiger partial charge in [-0.25, -0.2) is 0 Å². The van der Waals surface area contributed by atoms with E-state index in [2.05, 4.69) is 21.2 Å². The Kier molecular flexibility index (Phi) is 5.95. The van der Waals surface area contributed by atoms with E-state index >= 15 is 0 Å². The lowest BCUT2D eigenvalue weighted by Crippen LogP contribution is -2.21. The maximum absolute atomic E-state index is 12.1. The Labute approximate surface area is 113 Å². The van der Waals surface area contributed by atoms with Gasteiger partial charge in [-0.3, -0.25) is 0 Å². The van der Waals surface area contributed by atoms with Crippen LogP contribution in [0.2, 0.25) is 0 Å². The van der Waals surface area contributed by atoms with Crippen molar-refractivity contribution in [2.45, 2.75) is 26.1 Å². The molecule has 0 bridgehead atoms. The molecule has 18 heavy (non-hydrogen) atoms. The summed E-state index contributed by atoms with van der Waals surface area (Å²) in [5.41, 5.74) is 0.710. The third-order valence-corrected chi connectivity index (χ3v) is 2.65. The zero-order valence-electron chi connectivity index (χ0n) is 9.98. The minimum absolute atomic E-state index is 0.263. The number of hydrogen-bond donors (Lipinski definition) is 1. The molecular weight excluding hydrogens is 311 g/mol. The van der Waals surface area contributed by atoms with Gasteiger partial charge in [0.05, 0.1) is 0 Å². The van der Waals surface area contributed by atoms with Crippen LogP contribution >= 0.6 is 15.9 Å². The van der Waals surface area contributed by atoms with Gasteiger partial charge in [-0.2, -0.15) is 13.2 Å². The summed E-state index contributed by atoms with van der Waals surface area (Å²) in [7, 11) is 0. The smallest absolute Gasteiger partial charge is 0.422 e. The predicted molar refractivity (Wildman–Crippen MR) is 67.7 cm³/mol. The summed E-state index contributed by atoms with van der Waals surface area (Å²) >= 11 is 3.29. The molecule has 0 amide bonds. The molecule has 1 aromatic rings. The fourth-order valence-corrected chi connectivity index (χ4v) is 1.79. The van der Waals surface area contributed by atoms with Gasteiger partial charge in [0.25, 0.3) is 0 Å². The SMILES string of the molecule is CCCNCc1cc(Br)ccc1OCC(F)(F)F. The molecule has 0 spiro atoms. The number of alkyl halides is 3. The van der Waals surface area contributed by atoms with Crippen LogP contribution in [0.25, 0.3) is 0 Å². The van der Waals surface area contributed by atoms with Gasteiger partial charge in [-0.15, -0.1) is 0 Å². The molecule has 102 valence electrons. The quantitative estimate of drug-likeness (QED) is 0.801. The van der Waals surface area contributed by atoms with Crippen LogP contribution < -0.4 is 10.1 Å². The predicted octanol–water partition coefficient (Wildman–Crippen LogP) is 3.89. The summed E-state index contributed by atoms with van der Waals surface area (Å²) in [4.78, 5) is 0. The summed E-state index contributed by atoms with van der Waals surface area (Å²) in [6.45, 7) is 2.05. The van der Waals surface area contributed by atoms with Gasteiger partial charge in [0.2, 0.25) is 0 Å². The van der Waals surface area contributed by atoms with Crippen LogP contribution in [0.1, 0.15) is 18.9 Å². The van der Waals surface area contributed by atoms with E-state index in [1.54, 1.807) is 18.2 Å². The highest BCUT2D eigenvalue weighted by atomic mass is 79.9. The number of hydrogen-bond acceptors (Lipinski definition) is 2. The first-order valence-electron chi connectivity index (χ1n) is 5.61. The molecule has 0 saturated carbocycles. The van der Waals surface area contributed by atoms with Crippen LogP contribution in [0.5, 0.6) is 5.75 Å². The Morgan fingerprint density at radius 2 is 2.06 bits per heavy atom. The number of benzene rings is 1. The molecule has 0 saturated heterocycles. The summed E-state index contributed by atoms with van der Waals surface area (Å²) in [5, 5.41) is 3.13. The largest absolute Gasteiger partial charge is 0.484 e. The molecule has 0 unspecified atom stereocenters. The van der Waals surface area contributed by atoms with Crippen LogP contribution in [-0.2, 0) is 6.54 Å². The highest BCUT2D eigenvalue weighted by molar-refractivity contribution is 9.10. The second-order valence-corrected chi connectivity index (χ2v) is 4.75.